The standard InChI is InChI=1S/C17H22N4O3/c1-11-4-6-13(7-5-11)21-15(22)9-14(17(21)24)20-8-2-3-12(10-20)16(23)19-18/h4-7,12,14H,2-3,8-10,18H2,1H3,(H,19,23)/p+1/t12-,14+/m0/s1. The van der Waals surface area contributed by atoms with Crippen LogP contribution in [0.2, 0.25) is 0 Å². The van der Waals surface area contributed by atoms with Crippen LogP contribution in [0.3, 0.4) is 0 Å². The van der Waals surface area contributed by atoms with Crippen molar-refractivity contribution in [2.75, 3.05) is 18.0 Å². The van der Waals surface area contributed by atoms with Crippen molar-refractivity contribution in [2.45, 2.75) is 32.2 Å². The molecular weight excluding hydrogens is 308 g/mol. The van der Waals surface area contributed by atoms with Crippen molar-refractivity contribution in [3.05, 3.63) is 29.8 Å². The molecule has 0 bridgehead atoms. The Bertz CT molecular complexity index is 658. The molecule has 0 radical (unpaired) electrons. The molecule has 2 fully saturated rings. The summed E-state index contributed by atoms with van der Waals surface area (Å²) in [7, 11) is 0. The fourth-order valence-electron chi connectivity index (χ4n) is 3.67. The largest absolute Gasteiger partial charge is 0.324 e. The Labute approximate surface area is 140 Å². The van der Waals surface area contributed by atoms with Gasteiger partial charge in [-0.05, 0) is 31.9 Å². The molecule has 4 N–H and O–H groups in total. The normalized spacial score (nSPS) is 27.4. The van der Waals surface area contributed by atoms with E-state index >= 15 is 0 Å². The number of quaternary nitrogens is 1. The maximum Gasteiger partial charge on any atom is 0.292 e. The molecule has 2 saturated heterocycles. The molecule has 24 heavy (non-hydrogen) atoms. The van der Waals surface area contributed by atoms with E-state index in [0.717, 1.165) is 29.8 Å². The number of hydrogen-bond acceptors (Lipinski definition) is 4. The first-order valence-corrected chi connectivity index (χ1v) is 8.29. The number of nitrogens with one attached hydrogen (secondary N) is 2. The van der Waals surface area contributed by atoms with Gasteiger partial charge >= 0.3 is 0 Å². The van der Waals surface area contributed by atoms with Gasteiger partial charge in [0.2, 0.25) is 11.8 Å². The van der Waals surface area contributed by atoms with Crippen molar-refractivity contribution in [1.82, 2.24) is 5.43 Å². The summed E-state index contributed by atoms with van der Waals surface area (Å²) < 4.78 is 0. The Morgan fingerprint density at radius 2 is 2.00 bits per heavy atom. The predicted octanol–water partition coefficient (Wildman–Crippen LogP) is -1.09. The Kier molecular flexibility index (Phi) is 4.64. The summed E-state index contributed by atoms with van der Waals surface area (Å²) in [6, 6.07) is 6.96. The molecule has 7 heteroatoms. The van der Waals surface area contributed by atoms with E-state index in [1.165, 1.54) is 4.90 Å². The van der Waals surface area contributed by atoms with Gasteiger partial charge in [-0.25, -0.2) is 10.7 Å². The highest BCUT2D eigenvalue weighted by atomic mass is 16.2. The summed E-state index contributed by atoms with van der Waals surface area (Å²) in [6.07, 6.45) is 1.80. The number of carbonyl (C=O) groups excluding carboxylic acids is 3. The molecule has 3 amide bonds. The second-order valence-corrected chi connectivity index (χ2v) is 6.62. The number of benzene rings is 1. The molecular formula is C17H23N4O3+. The molecule has 7 nitrogen and oxygen atoms in total. The number of amides is 3. The smallest absolute Gasteiger partial charge is 0.292 e. The van der Waals surface area contributed by atoms with Gasteiger partial charge in [0.05, 0.1) is 31.1 Å². The van der Waals surface area contributed by atoms with Crippen molar-refractivity contribution in [2.24, 2.45) is 11.8 Å². The molecule has 2 aliphatic rings. The van der Waals surface area contributed by atoms with Gasteiger partial charge in [-0.2, -0.15) is 0 Å². The highest BCUT2D eigenvalue weighted by Crippen LogP contribution is 2.23. The minimum Gasteiger partial charge on any atom is -0.324 e. The maximum absolute atomic E-state index is 12.8. The van der Waals surface area contributed by atoms with E-state index in [4.69, 9.17) is 5.84 Å². The first kappa shape index (κ1) is 16.6. The van der Waals surface area contributed by atoms with Gasteiger partial charge < -0.3 is 4.90 Å². The number of rotatable bonds is 3. The third kappa shape index (κ3) is 3.05. The van der Waals surface area contributed by atoms with Crippen LogP contribution < -0.4 is 21.1 Å². The lowest BCUT2D eigenvalue weighted by Crippen LogP contribution is -3.18. The number of carbonyl (C=O) groups is 3. The third-order valence-electron chi connectivity index (χ3n) is 5.00. The van der Waals surface area contributed by atoms with E-state index in [9.17, 15) is 14.4 Å². The lowest BCUT2D eigenvalue weighted by molar-refractivity contribution is -0.922. The molecule has 0 spiro atoms. The number of likely N-dealkylation sites (tertiary alicyclic amines) is 1. The Morgan fingerprint density at radius 3 is 2.67 bits per heavy atom. The van der Waals surface area contributed by atoms with Crippen LogP contribution in [0.25, 0.3) is 0 Å². The number of aryl methyl sites for hydroxylation is 1. The fourth-order valence-corrected chi connectivity index (χ4v) is 3.67. The average molecular weight is 331 g/mol. The van der Waals surface area contributed by atoms with Crippen LogP contribution >= 0.6 is 0 Å². The van der Waals surface area contributed by atoms with E-state index in [0.29, 0.717) is 12.2 Å². The number of nitrogens with zero attached hydrogens (tertiary/aromatic N) is 1. The van der Waals surface area contributed by atoms with E-state index in [2.05, 4.69) is 5.43 Å². The van der Waals surface area contributed by atoms with Crippen molar-refractivity contribution >= 4 is 23.4 Å². The summed E-state index contributed by atoms with van der Waals surface area (Å²) in [6.45, 7) is 3.29. The van der Waals surface area contributed by atoms with Gasteiger partial charge in [0, 0.05) is 0 Å². The molecule has 0 aliphatic carbocycles. The zero-order valence-electron chi connectivity index (χ0n) is 13.7. The lowest BCUT2D eigenvalue weighted by Gasteiger charge is -2.31. The van der Waals surface area contributed by atoms with Crippen LogP contribution in [0.5, 0.6) is 0 Å². The SMILES string of the molecule is Cc1ccc(N2C(=O)C[C@@H]([NH+]3CCC[C@H](C(=O)NN)C3)C2=O)cc1. The highest BCUT2D eigenvalue weighted by molar-refractivity contribution is 6.21. The average Bonchev–Trinajstić information content (AvgIpc) is 2.90. The van der Waals surface area contributed by atoms with Gasteiger partial charge in [-0.3, -0.25) is 19.8 Å². The second kappa shape index (κ2) is 6.70. The Balaban J connectivity index is 1.76. The first-order chi connectivity index (χ1) is 11.5. The molecule has 3 atom stereocenters. The predicted molar refractivity (Wildman–Crippen MR) is 87.8 cm³/mol. The van der Waals surface area contributed by atoms with Crippen LogP contribution in [0, 0.1) is 12.8 Å². The van der Waals surface area contributed by atoms with Crippen LogP contribution in [-0.4, -0.2) is 36.9 Å². The number of hydrazine groups is 1. The second-order valence-electron chi connectivity index (χ2n) is 6.62. The molecule has 0 aromatic heterocycles. The lowest BCUT2D eigenvalue weighted by atomic mass is 9.95. The van der Waals surface area contributed by atoms with Crippen LogP contribution in [0.4, 0.5) is 5.69 Å². The Hall–Kier alpha value is -2.25. The van der Waals surface area contributed by atoms with Crippen molar-refractivity contribution in [1.29, 1.82) is 0 Å². The molecule has 1 aromatic rings. The van der Waals surface area contributed by atoms with Gasteiger partial charge in [0.1, 0.15) is 0 Å². The van der Waals surface area contributed by atoms with E-state index in [-0.39, 0.29) is 30.1 Å². The minimum absolute atomic E-state index is 0.173. The number of anilines is 1. The molecule has 3 rings (SSSR count). The van der Waals surface area contributed by atoms with Gasteiger partial charge in [-0.1, -0.05) is 17.7 Å². The molecule has 0 saturated carbocycles. The summed E-state index contributed by atoms with van der Waals surface area (Å²) >= 11 is 0. The van der Waals surface area contributed by atoms with Crippen molar-refractivity contribution in [3.8, 4) is 0 Å². The van der Waals surface area contributed by atoms with Crippen LogP contribution in [0.15, 0.2) is 24.3 Å². The van der Waals surface area contributed by atoms with Crippen LogP contribution in [0.1, 0.15) is 24.8 Å². The van der Waals surface area contributed by atoms with Crippen molar-refractivity contribution < 1.29 is 19.3 Å². The number of nitrogens with two attached hydrogens (primary N) is 1. The number of imide groups is 1. The van der Waals surface area contributed by atoms with Gasteiger partial charge in [-0.15, -0.1) is 0 Å². The molecule has 2 heterocycles. The zero-order valence-corrected chi connectivity index (χ0v) is 13.7. The summed E-state index contributed by atoms with van der Waals surface area (Å²) in [5.41, 5.74) is 3.88. The third-order valence-corrected chi connectivity index (χ3v) is 5.00. The minimum atomic E-state index is -0.410. The fraction of sp³-hybridized carbons (Fsp3) is 0.471. The van der Waals surface area contributed by atoms with E-state index in [1.807, 2.05) is 19.1 Å². The van der Waals surface area contributed by atoms with Crippen LogP contribution in [-0.2, 0) is 14.4 Å². The van der Waals surface area contributed by atoms with Gasteiger partial charge in [0.25, 0.3) is 5.91 Å². The van der Waals surface area contributed by atoms with E-state index < -0.39 is 6.04 Å². The summed E-state index contributed by atoms with van der Waals surface area (Å²) in [4.78, 5) is 39.3. The topological polar surface area (TPSA) is 96.9 Å². The Morgan fingerprint density at radius 1 is 1.29 bits per heavy atom. The monoisotopic (exact) mass is 331 g/mol. The van der Waals surface area contributed by atoms with Gasteiger partial charge in [0.15, 0.2) is 6.04 Å². The zero-order chi connectivity index (χ0) is 17.3. The van der Waals surface area contributed by atoms with Crippen molar-refractivity contribution in [3.63, 3.8) is 0 Å². The highest BCUT2D eigenvalue weighted by Gasteiger charge is 2.47. The molecule has 1 aromatic carbocycles. The quantitative estimate of drug-likeness (QED) is 0.284. The number of hydrogen-bond donors (Lipinski definition) is 3. The van der Waals surface area contributed by atoms with E-state index in [1.54, 1.807) is 12.1 Å². The molecule has 2 aliphatic heterocycles. The summed E-state index contributed by atoms with van der Waals surface area (Å²) in [5, 5.41) is 0. The molecule has 1 unspecified atom stereocenters. The first-order valence-electron chi connectivity index (χ1n) is 8.29. The maximum atomic E-state index is 12.8. The number of piperidine rings is 1. The summed E-state index contributed by atoms with van der Waals surface area (Å²) in [5.74, 6) is 4.48. The molecule has 128 valence electrons.